The largest absolute Gasteiger partial charge is 0.364 e. The fourth-order valence-electron chi connectivity index (χ4n) is 2.06. The van der Waals surface area contributed by atoms with Crippen LogP contribution < -0.4 is 0 Å². The topological polar surface area (TPSA) is 70.7 Å². The molecule has 1 aromatic rings. The van der Waals surface area contributed by atoms with Crippen LogP contribution in [0.4, 0.5) is 17.6 Å². The lowest BCUT2D eigenvalue weighted by Crippen LogP contribution is -2.53. The summed E-state index contributed by atoms with van der Waals surface area (Å²) in [5.74, 6) is -1.05. The summed E-state index contributed by atoms with van der Waals surface area (Å²) in [4.78, 5) is 12.3. The first-order valence-electron chi connectivity index (χ1n) is 6.38. The molecule has 0 spiro atoms. The third kappa shape index (κ3) is 2.70. The van der Waals surface area contributed by atoms with E-state index >= 15 is 0 Å². The van der Waals surface area contributed by atoms with E-state index < -0.39 is 42.7 Å². The van der Waals surface area contributed by atoms with Gasteiger partial charge in [-0.15, -0.1) is 0 Å². The Bertz CT molecular complexity index is 604. The van der Waals surface area contributed by atoms with Crippen LogP contribution in [0.1, 0.15) is 25.1 Å². The Hall–Kier alpha value is -1.97. The fourth-order valence-corrected chi connectivity index (χ4v) is 2.06. The number of amides is 1. The number of carbonyl (C=O) groups is 1. The van der Waals surface area contributed by atoms with Gasteiger partial charge in [-0.25, -0.2) is 17.6 Å². The summed E-state index contributed by atoms with van der Waals surface area (Å²) in [6, 6.07) is 0.501. The van der Waals surface area contributed by atoms with E-state index in [4.69, 9.17) is 0 Å². The lowest BCUT2D eigenvalue weighted by Gasteiger charge is -2.31. The highest BCUT2D eigenvalue weighted by atomic mass is 19.3. The van der Waals surface area contributed by atoms with Crippen molar-refractivity contribution in [2.24, 2.45) is 5.10 Å². The minimum atomic E-state index is -3.44. The quantitative estimate of drug-likeness (QED) is 0.855. The number of halogens is 4. The summed E-state index contributed by atoms with van der Waals surface area (Å²) in [5.41, 5.74) is -3.44. The van der Waals surface area contributed by atoms with Crippen molar-refractivity contribution in [3.05, 3.63) is 18.0 Å². The molecule has 1 amide bonds. The number of aryl methyl sites for hydroxylation is 1. The van der Waals surface area contributed by atoms with Gasteiger partial charge in [0.25, 0.3) is 18.8 Å². The lowest BCUT2D eigenvalue weighted by molar-refractivity contribution is -0.194. The Morgan fingerprint density at radius 2 is 2.05 bits per heavy atom. The van der Waals surface area contributed by atoms with Crippen LogP contribution in [-0.4, -0.2) is 50.1 Å². The number of carbonyl (C=O) groups excluding carboxylic acids is 1. The van der Waals surface area contributed by atoms with Gasteiger partial charge >= 0.3 is 0 Å². The zero-order valence-corrected chi connectivity index (χ0v) is 11.8. The van der Waals surface area contributed by atoms with Gasteiger partial charge in [-0.3, -0.25) is 9.48 Å². The number of alkyl halides is 4. The standard InChI is InChI=1S/C12H14F4N4O2/c1-6-3-4-19(17-6)7(2)10(21)20-12(22,11(15)16)5-8(18-20)9(13)14/h3-4,7,9,11,22H,5H2,1-2H3/t7-,12-/m1/s1. The Morgan fingerprint density at radius 1 is 1.41 bits per heavy atom. The minimum absolute atomic E-state index is 0.0425. The molecule has 2 rings (SSSR count). The van der Waals surface area contributed by atoms with Gasteiger partial charge in [0.2, 0.25) is 5.72 Å². The molecule has 1 aliphatic rings. The smallest absolute Gasteiger partial charge is 0.287 e. The SMILES string of the molecule is Cc1ccn([C@H](C)C(=O)N2N=C(C(F)F)C[C@@]2(O)C(F)F)n1. The second-order valence-electron chi connectivity index (χ2n) is 5.01. The van der Waals surface area contributed by atoms with Crippen molar-refractivity contribution in [2.75, 3.05) is 0 Å². The first-order valence-corrected chi connectivity index (χ1v) is 6.38. The Balaban J connectivity index is 2.32. The van der Waals surface area contributed by atoms with Gasteiger partial charge in [0, 0.05) is 12.6 Å². The molecule has 0 fully saturated rings. The number of hydrogen-bond acceptors (Lipinski definition) is 4. The summed E-state index contributed by atoms with van der Waals surface area (Å²) in [7, 11) is 0. The Kier molecular flexibility index (Phi) is 4.23. The molecule has 0 unspecified atom stereocenters. The maximum Gasteiger partial charge on any atom is 0.287 e. The molecule has 1 N–H and O–H groups in total. The van der Waals surface area contributed by atoms with E-state index in [0.29, 0.717) is 5.69 Å². The summed E-state index contributed by atoms with van der Waals surface area (Å²) in [6.45, 7) is 3.00. The molecule has 2 heterocycles. The number of aromatic nitrogens is 2. The molecule has 2 atom stereocenters. The van der Waals surface area contributed by atoms with Crippen LogP contribution in [0.15, 0.2) is 17.4 Å². The molecule has 0 saturated carbocycles. The van der Waals surface area contributed by atoms with Crippen molar-refractivity contribution in [2.45, 2.75) is 44.9 Å². The van der Waals surface area contributed by atoms with Crippen molar-refractivity contribution >= 4 is 11.6 Å². The Labute approximate surface area is 123 Å². The molecule has 0 aliphatic carbocycles. The lowest BCUT2D eigenvalue weighted by atomic mass is 10.1. The summed E-state index contributed by atoms with van der Waals surface area (Å²) in [6.07, 6.45) is -6.24. The van der Waals surface area contributed by atoms with Crippen molar-refractivity contribution in [1.29, 1.82) is 0 Å². The van der Waals surface area contributed by atoms with E-state index in [1.54, 1.807) is 13.0 Å². The molecule has 22 heavy (non-hydrogen) atoms. The van der Waals surface area contributed by atoms with E-state index in [1.165, 1.54) is 17.8 Å². The van der Waals surface area contributed by atoms with Gasteiger partial charge in [0.1, 0.15) is 11.8 Å². The van der Waals surface area contributed by atoms with Crippen molar-refractivity contribution in [3.8, 4) is 0 Å². The predicted molar refractivity (Wildman–Crippen MR) is 67.5 cm³/mol. The average Bonchev–Trinajstić information content (AvgIpc) is 3.02. The average molecular weight is 322 g/mol. The molecule has 0 aromatic carbocycles. The highest BCUT2D eigenvalue weighted by Crippen LogP contribution is 2.34. The maximum atomic E-state index is 13.1. The zero-order chi connectivity index (χ0) is 16.7. The van der Waals surface area contributed by atoms with Crippen LogP contribution >= 0.6 is 0 Å². The van der Waals surface area contributed by atoms with Gasteiger partial charge in [0.05, 0.1) is 5.69 Å². The predicted octanol–water partition coefficient (Wildman–Crippen LogP) is 1.56. The molecule has 1 aliphatic heterocycles. The maximum absolute atomic E-state index is 13.1. The number of rotatable bonds is 4. The Morgan fingerprint density at radius 3 is 2.50 bits per heavy atom. The van der Waals surface area contributed by atoms with Crippen LogP contribution in [0, 0.1) is 6.92 Å². The summed E-state index contributed by atoms with van der Waals surface area (Å²) < 4.78 is 52.6. The molecular formula is C12H14F4N4O2. The second kappa shape index (κ2) is 5.67. The van der Waals surface area contributed by atoms with E-state index in [1.807, 2.05) is 0 Å². The van der Waals surface area contributed by atoms with Crippen LogP contribution in [0.2, 0.25) is 0 Å². The third-order valence-corrected chi connectivity index (χ3v) is 3.34. The van der Waals surface area contributed by atoms with E-state index in [2.05, 4.69) is 10.2 Å². The summed E-state index contributed by atoms with van der Waals surface area (Å²) in [5, 5.41) is 17.1. The van der Waals surface area contributed by atoms with Gasteiger partial charge in [-0.05, 0) is 19.9 Å². The first-order chi connectivity index (χ1) is 10.2. The van der Waals surface area contributed by atoms with Crippen molar-refractivity contribution < 1.29 is 27.5 Å². The fraction of sp³-hybridized carbons (Fsp3) is 0.583. The zero-order valence-electron chi connectivity index (χ0n) is 11.8. The highest BCUT2D eigenvalue weighted by Gasteiger charge is 2.54. The molecule has 10 heteroatoms. The van der Waals surface area contributed by atoms with E-state index in [9.17, 15) is 27.5 Å². The number of hydrazone groups is 1. The van der Waals surface area contributed by atoms with E-state index in [0.717, 1.165) is 0 Å². The number of nitrogens with zero attached hydrogens (tertiary/aromatic N) is 4. The van der Waals surface area contributed by atoms with Crippen LogP contribution in [0.5, 0.6) is 0 Å². The van der Waals surface area contributed by atoms with Crippen LogP contribution in [0.3, 0.4) is 0 Å². The molecule has 6 nitrogen and oxygen atoms in total. The van der Waals surface area contributed by atoms with E-state index in [-0.39, 0.29) is 5.01 Å². The van der Waals surface area contributed by atoms with Gasteiger partial charge in [-0.2, -0.15) is 15.2 Å². The minimum Gasteiger partial charge on any atom is -0.364 e. The third-order valence-electron chi connectivity index (χ3n) is 3.34. The molecule has 1 aromatic heterocycles. The van der Waals surface area contributed by atoms with Gasteiger partial charge < -0.3 is 5.11 Å². The van der Waals surface area contributed by atoms with Gasteiger partial charge in [-0.1, -0.05) is 0 Å². The molecule has 0 bridgehead atoms. The normalized spacial score (nSPS) is 23.3. The van der Waals surface area contributed by atoms with Crippen LogP contribution in [0.25, 0.3) is 0 Å². The van der Waals surface area contributed by atoms with Crippen molar-refractivity contribution in [1.82, 2.24) is 14.8 Å². The first kappa shape index (κ1) is 16.4. The number of hydrogen-bond donors (Lipinski definition) is 1. The monoisotopic (exact) mass is 322 g/mol. The second-order valence-corrected chi connectivity index (χ2v) is 5.01. The number of aliphatic hydroxyl groups is 1. The molecule has 122 valence electrons. The van der Waals surface area contributed by atoms with Gasteiger partial charge in [0.15, 0.2) is 0 Å². The molecular weight excluding hydrogens is 308 g/mol. The van der Waals surface area contributed by atoms with Crippen molar-refractivity contribution in [3.63, 3.8) is 0 Å². The highest BCUT2D eigenvalue weighted by molar-refractivity contribution is 5.93. The molecule has 0 saturated heterocycles. The summed E-state index contributed by atoms with van der Waals surface area (Å²) >= 11 is 0. The van der Waals surface area contributed by atoms with Crippen LogP contribution in [-0.2, 0) is 4.79 Å². The molecule has 0 radical (unpaired) electrons.